The summed E-state index contributed by atoms with van der Waals surface area (Å²) in [6.07, 6.45) is 1.49. The van der Waals surface area contributed by atoms with Crippen molar-refractivity contribution >= 4 is 17.5 Å². The highest BCUT2D eigenvalue weighted by atomic mass is 35.5. The minimum Gasteiger partial charge on any atom is -0.484 e. The van der Waals surface area contributed by atoms with E-state index in [0.717, 1.165) is 12.8 Å². The van der Waals surface area contributed by atoms with Gasteiger partial charge in [-0.05, 0) is 25.0 Å². The van der Waals surface area contributed by atoms with Crippen LogP contribution < -0.4 is 10.1 Å². The normalized spacial score (nSPS) is 17.7. The first-order valence-corrected chi connectivity index (χ1v) is 6.90. The van der Waals surface area contributed by atoms with Crippen LogP contribution in [0, 0.1) is 0 Å². The summed E-state index contributed by atoms with van der Waals surface area (Å²) in [5.74, 6) is 0.934. The van der Waals surface area contributed by atoms with Crippen LogP contribution >= 0.6 is 11.6 Å². The van der Waals surface area contributed by atoms with Crippen molar-refractivity contribution in [2.75, 3.05) is 25.7 Å². The molecule has 0 bridgehead atoms. The molecule has 1 aromatic rings. The fourth-order valence-corrected chi connectivity index (χ4v) is 2.39. The fraction of sp³-hybridized carbons (Fsp3) is 0.500. The third kappa shape index (κ3) is 4.11. The first-order valence-electron chi connectivity index (χ1n) is 6.37. The average molecular weight is 284 g/mol. The number of ether oxygens (including phenoxy) is 2. The summed E-state index contributed by atoms with van der Waals surface area (Å²) >= 11 is 5.99. The van der Waals surface area contributed by atoms with Gasteiger partial charge in [-0.3, -0.25) is 4.79 Å². The molecular weight excluding hydrogens is 266 g/mol. The molecule has 1 aliphatic rings. The second kappa shape index (κ2) is 6.78. The van der Waals surface area contributed by atoms with Gasteiger partial charge < -0.3 is 14.8 Å². The van der Waals surface area contributed by atoms with E-state index in [4.69, 9.17) is 21.1 Å². The van der Waals surface area contributed by atoms with E-state index >= 15 is 0 Å². The molecule has 2 rings (SSSR count). The number of para-hydroxylation sites is 1. The van der Waals surface area contributed by atoms with Crippen LogP contribution in [0.3, 0.4) is 0 Å². The van der Waals surface area contributed by atoms with Gasteiger partial charge in [-0.2, -0.15) is 0 Å². The van der Waals surface area contributed by atoms with Gasteiger partial charge in [0.1, 0.15) is 5.75 Å². The minimum absolute atomic E-state index is 0.00348. The molecule has 1 fully saturated rings. The van der Waals surface area contributed by atoms with Crippen molar-refractivity contribution in [2.45, 2.75) is 18.4 Å². The Kier molecular flexibility index (Phi) is 5.05. The third-order valence-electron chi connectivity index (χ3n) is 3.22. The van der Waals surface area contributed by atoms with E-state index in [-0.39, 0.29) is 18.1 Å². The summed E-state index contributed by atoms with van der Waals surface area (Å²) in [5, 5.41) is 2.98. The number of halogens is 1. The maximum atomic E-state index is 11.9. The van der Waals surface area contributed by atoms with Crippen molar-refractivity contribution in [2.24, 2.45) is 0 Å². The van der Waals surface area contributed by atoms with Gasteiger partial charge in [0, 0.05) is 19.1 Å². The first kappa shape index (κ1) is 14.2. The quantitative estimate of drug-likeness (QED) is 0.841. The Balaban J connectivity index is 1.83. The van der Waals surface area contributed by atoms with E-state index < -0.39 is 0 Å². The Morgan fingerprint density at radius 2 is 2.00 bits per heavy atom. The van der Waals surface area contributed by atoms with Gasteiger partial charge in [-0.15, -0.1) is 11.6 Å². The SMILES string of the molecule is O=C(COc1ccccc1)NC1(CCl)CCOCC1. The van der Waals surface area contributed by atoms with Crippen molar-refractivity contribution in [3.05, 3.63) is 30.3 Å². The highest BCUT2D eigenvalue weighted by Gasteiger charge is 2.33. The predicted octanol–water partition coefficient (Wildman–Crippen LogP) is 1.97. The summed E-state index contributed by atoms with van der Waals surface area (Å²) < 4.78 is 10.7. The zero-order valence-corrected chi connectivity index (χ0v) is 11.5. The summed E-state index contributed by atoms with van der Waals surface area (Å²) in [5.41, 5.74) is -0.350. The summed E-state index contributed by atoms with van der Waals surface area (Å²) in [6.45, 7) is 1.27. The van der Waals surface area contributed by atoms with Gasteiger partial charge in [-0.25, -0.2) is 0 Å². The number of rotatable bonds is 5. The van der Waals surface area contributed by atoms with Crippen LogP contribution in [0.1, 0.15) is 12.8 Å². The molecule has 1 aliphatic heterocycles. The maximum Gasteiger partial charge on any atom is 0.258 e. The Morgan fingerprint density at radius 1 is 1.32 bits per heavy atom. The number of amides is 1. The number of nitrogens with one attached hydrogen (secondary N) is 1. The van der Waals surface area contributed by atoms with Crippen LogP contribution in [-0.2, 0) is 9.53 Å². The van der Waals surface area contributed by atoms with Gasteiger partial charge in [0.15, 0.2) is 6.61 Å². The van der Waals surface area contributed by atoms with Gasteiger partial charge >= 0.3 is 0 Å². The molecule has 19 heavy (non-hydrogen) atoms. The lowest BCUT2D eigenvalue weighted by Gasteiger charge is -2.36. The van der Waals surface area contributed by atoms with E-state index in [2.05, 4.69) is 5.32 Å². The van der Waals surface area contributed by atoms with Crippen LogP contribution in [0.15, 0.2) is 30.3 Å². The van der Waals surface area contributed by atoms with Crippen molar-refractivity contribution in [3.8, 4) is 5.75 Å². The van der Waals surface area contributed by atoms with Crippen LogP contribution in [-0.4, -0.2) is 37.1 Å². The van der Waals surface area contributed by atoms with Gasteiger partial charge in [0.2, 0.25) is 0 Å². The maximum absolute atomic E-state index is 11.9. The molecule has 0 spiro atoms. The van der Waals surface area contributed by atoms with E-state index in [1.165, 1.54) is 0 Å². The molecule has 0 unspecified atom stereocenters. The van der Waals surface area contributed by atoms with Crippen molar-refractivity contribution in [3.63, 3.8) is 0 Å². The largest absolute Gasteiger partial charge is 0.484 e. The minimum atomic E-state index is -0.350. The zero-order valence-electron chi connectivity index (χ0n) is 10.7. The second-order valence-corrected chi connectivity index (χ2v) is 4.94. The summed E-state index contributed by atoms with van der Waals surface area (Å²) in [7, 11) is 0. The lowest BCUT2D eigenvalue weighted by atomic mass is 9.92. The van der Waals surface area contributed by atoms with Crippen LogP contribution in [0.5, 0.6) is 5.75 Å². The van der Waals surface area contributed by atoms with Crippen LogP contribution in [0.25, 0.3) is 0 Å². The number of benzene rings is 1. The Hall–Kier alpha value is -1.26. The summed E-state index contributed by atoms with van der Waals surface area (Å²) in [4.78, 5) is 11.9. The Bertz CT molecular complexity index is 404. The third-order valence-corrected chi connectivity index (χ3v) is 3.74. The summed E-state index contributed by atoms with van der Waals surface area (Å²) in [6, 6.07) is 9.27. The molecule has 4 nitrogen and oxygen atoms in total. The van der Waals surface area contributed by atoms with E-state index in [1.54, 1.807) is 0 Å². The number of carbonyl (C=O) groups is 1. The highest BCUT2D eigenvalue weighted by Crippen LogP contribution is 2.22. The molecule has 0 aliphatic carbocycles. The lowest BCUT2D eigenvalue weighted by Crippen LogP contribution is -2.54. The van der Waals surface area contributed by atoms with Crippen molar-refractivity contribution in [1.29, 1.82) is 0 Å². The molecule has 104 valence electrons. The van der Waals surface area contributed by atoms with Crippen molar-refractivity contribution in [1.82, 2.24) is 5.32 Å². The Labute approximate surface area is 118 Å². The first-order chi connectivity index (χ1) is 9.24. The van der Waals surface area contributed by atoms with E-state index in [9.17, 15) is 4.79 Å². The fourth-order valence-electron chi connectivity index (χ4n) is 2.05. The smallest absolute Gasteiger partial charge is 0.258 e. The molecule has 0 radical (unpaired) electrons. The molecule has 1 aromatic carbocycles. The van der Waals surface area contributed by atoms with Gasteiger partial charge in [-0.1, -0.05) is 18.2 Å². The molecular formula is C14H18ClNO3. The number of alkyl halides is 1. The molecule has 0 saturated carbocycles. The lowest BCUT2D eigenvalue weighted by molar-refractivity contribution is -0.125. The molecule has 1 saturated heterocycles. The standard InChI is InChI=1S/C14H18ClNO3/c15-11-14(6-8-18-9-7-14)16-13(17)10-19-12-4-2-1-3-5-12/h1-5H,6-11H2,(H,16,17). The Morgan fingerprint density at radius 3 is 2.63 bits per heavy atom. The topological polar surface area (TPSA) is 47.6 Å². The van der Waals surface area contributed by atoms with E-state index in [1.807, 2.05) is 30.3 Å². The number of hydrogen-bond acceptors (Lipinski definition) is 3. The second-order valence-electron chi connectivity index (χ2n) is 4.68. The number of carbonyl (C=O) groups excluding carboxylic acids is 1. The monoisotopic (exact) mass is 283 g/mol. The molecule has 1 amide bonds. The van der Waals surface area contributed by atoms with Crippen molar-refractivity contribution < 1.29 is 14.3 Å². The molecule has 5 heteroatoms. The number of hydrogen-bond donors (Lipinski definition) is 1. The van der Waals surface area contributed by atoms with Crippen LogP contribution in [0.2, 0.25) is 0 Å². The zero-order chi connectivity index (χ0) is 13.6. The predicted molar refractivity (Wildman–Crippen MR) is 73.6 cm³/mol. The molecule has 1 N–H and O–H groups in total. The van der Waals surface area contributed by atoms with E-state index in [0.29, 0.717) is 24.8 Å². The van der Waals surface area contributed by atoms with Gasteiger partial charge in [0.05, 0.1) is 5.54 Å². The average Bonchev–Trinajstić information content (AvgIpc) is 2.47. The van der Waals surface area contributed by atoms with Crippen LogP contribution in [0.4, 0.5) is 0 Å². The molecule has 0 atom stereocenters. The highest BCUT2D eigenvalue weighted by molar-refractivity contribution is 6.18. The molecule has 1 heterocycles. The molecule has 0 aromatic heterocycles. The van der Waals surface area contributed by atoms with Gasteiger partial charge in [0.25, 0.3) is 5.91 Å².